The van der Waals surface area contributed by atoms with Crippen molar-refractivity contribution >= 4 is 17.4 Å². The number of piperazine rings is 1. The molecule has 4 rings (SSSR count). The van der Waals surface area contributed by atoms with E-state index < -0.39 is 0 Å². The van der Waals surface area contributed by atoms with Gasteiger partial charge in [-0.05, 0) is 63.4 Å². The Balaban J connectivity index is 1.41. The van der Waals surface area contributed by atoms with Crippen LogP contribution in [0.4, 0.5) is 11.5 Å². The zero-order chi connectivity index (χ0) is 23.9. The summed E-state index contributed by atoms with van der Waals surface area (Å²) in [6.07, 6.45) is 0. The van der Waals surface area contributed by atoms with Gasteiger partial charge in [0.2, 0.25) is 0 Å². The second-order valence-corrected chi connectivity index (χ2v) is 8.13. The number of nitrogens with zero attached hydrogens (tertiary/aromatic N) is 4. The van der Waals surface area contributed by atoms with Crippen molar-refractivity contribution in [3.05, 3.63) is 60.2 Å². The van der Waals surface area contributed by atoms with Crippen molar-refractivity contribution in [3.63, 3.8) is 0 Å². The van der Waals surface area contributed by atoms with Crippen LogP contribution in [0.2, 0.25) is 0 Å². The lowest BCUT2D eigenvalue weighted by Gasteiger charge is -2.32. The number of carbonyl (C=O) groups is 1. The Morgan fingerprint density at radius 1 is 0.882 bits per heavy atom. The first kappa shape index (κ1) is 23.5. The van der Waals surface area contributed by atoms with E-state index in [9.17, 15) is 4.79 Å². The minimum atomic E-state index is -0.215. The summed E-state index contributed by atoms with van der Waals surface area (Å²) in [7, 11) is 2.13. The Morgan fingerprint density at radius 3 is 2.24 bits per heavy atom. The number of aromatic nitrogens is 2. The molecule has 34 heavy (non-hydrogen) atoms. The maximum absolute atomic E-state index is 12.8. The monoisotopic (exact) mass is 461 g/mol. The Labute approximate surface area is 200 Å². The zero-order valence-corrected chi connectivity index (χ0v) is 20.0. The van der Waals surface area contributed by atoms with Gasteiger partial charge in [-0.15, -0.1) is 10.2 Å². The Bertz CT molecular complexity index is 1090. The second-order valence-electron chi connectivity index (χ2n) is 8.13. The fourth-order valence-corrected chi connectivity index (χ4v) is 3.80. The van der Waals surface area contributed by atoms with E-state index in [1.54, 1.807) is 18.2 Å². The molecule has 8 nitrogen and oxygen atoms in total. The van der Waals surface area contributed by atoms with Gasteiger partial charge in [0.05, 0.1) is 18.9 Å². The third-order valence-electron chi connectivity index (χ3n) is 5.72. The number of benzene rings is 2. The number of likely N-dealkylation sites (N-methyl/N-ethyl adjacent to an activating group) is 1. The topological polar surface area (TPSA) is 79.8 Å². The standard InChI is InChI=1S/C26H31N5O3/c1-4-33-23-12-8-20(18-24(23)34-5-2)26(32)27-21-9-6-19(7-10-21)22-11-13-25(29-28-22)31-16-14-30(3)15-17-31/h6-13,18H,4-5,14-17H2,1-3H3,(H,27,32). The van der Waals surface area contributed by atoms with Gasteiger partial charge in [-0.1, -0.05) is 12.1 Å². The molecular weight excluding hydrogens is 430 g/mol. The molecule has 178 valence electrons. The molecule has 0 radical (unpaired) electrons. The highest BCUT2D eigenvalue weighted by atomic mass is 16.5. The van der Waals surface area contributed by atoms with E-state index in [1.807, 2.05) is 50.2 Å². The van der Waals surface area contributed by atoms with Gasteiger partial charge >= 0.3 is 0 Å². The molecule has 0 aliphatic carbocycles. The lowest BCUT2D eigenvalue weighted by atomic mass is 10.1. The first-order valence-corrected chi connectivity index (χ1v) is 11.7. The smallest absolute Gasteiger partial charge is 0.255 e. The largest absolute Gasteiger partial charge is 0.490 e. The van der Waals surface area contributed by atoms with E-state index >= 15 is 0 Å². The average Bonchev–Trinajstić information content (AvgIpc) is 2.86. The van der Waals surface area contributed by atoms with Crippen molar-refractivity contribution in [2.24, 2.45) is 0 Å². The first-order chi connectivity index (χ1) is 16.6. The summed E-state index contributed by atoms with van der Waals surface area (Å²) in [5.41, 5.74) is 2.93. The molecule has 1 fully saturated rings. The summed E-state index contributed by atoms with van der Waals surface area (Å²) in [6, 6.07) is 16.8. The van der Waals surface area contributed by atoms with Crippen LogP contribution in [-0.2, 0) is 0 Å². The predicted molar refractivity (Wildman–Crippen MR) is 134 cm³/mol. The average molecular weight is 462 g/mol. The molecule has 1 amide bonds. The molecule has 8 heteroatoms. The highest BCUT2D eigenvalue weighted by Crippen LogP contribution is 2.29. The molecular formula is C26H31N5O3. The first-order valence-electron chi connectivity index (χ1n) is 11.7. The minimum absolute atomic E-state index is 0.215. The molecule has 1 aromatic heterocycles. The van der Waals surface area contributed by atoms with Gasteiger partial charge in [-0.3, -0.25) is 4.79 Å². The summed E-state index contributed by atoms with van der Waals surface area (Å²) >= 11 is 0. The van der Waals surface area contributed by atoms with Gasteiger partial charge < -0.3 is 24.6 Å². The third-order valence-corrected chi connectivity index (χ3v) is 5.72. The number of anilines is 2. The van der Waals surface area contributed by atoms with Crippen LogP contribution in [0, 0.1) is 0 Å². The zero-order valence-electron chi connectivity index (χ0n) is 20.0. The van der Waals surface area contributed by atoms with Crippen molar-refractivity contribution in [3.8, 4) is 22.8 Å². The van der Waals surface area contributed by atoms with Crippen molar-refractivity contribution in [1.29, 1.82) is 0 Å². The Hall–Kier alpha value is -3.65. The quantitative estimate of drug-likeness (QED) is 0.544. The number of ether oxygens (including phenoxy) is 2. The molecule has 0 unspecified atom stereocenters. The normalized spacial score (nSPS) is 14.0. The SMILES string of the molecule is CCOc1ccc(C(=O)Nc2ccc(-c3ccc(N4CCN(C)CC4)nn3)cc2)cc1OCC. The van der Waals surface area contributed by atoms with Crippen molar-refractivity contribution in [2.75, 3.05) is 56.7 Å². The molecule has 2 aromatic carbocycles. The van der Waals surface area contributed by atoms with E-state index in [0.717, 1.165) is 43.3 Å². The van der Waals surface area contributed by atoms with E-state index in [2.05, 4.69) is 32.4 Å². The number of nitrogens with one attached hydrogen (secondary N) is 1. The molecule has 0 spiro atoms. The van der Waals surface area contributed by atoms with Gasteiger partial charge in [0.1, 0.15) is 0 Å². The van der Waals surface area contributed by atoms with E-state index in [1.165, 1.54) is 0 Å². The van der Waals surface area contributed by atoms with Gasteiger partial charge in [0, 0.05) is 43.0 Å². The third kappa shape index (κ3) is 5.63. The van der Waals surface area contributed by atoms with Crippen LogP contribution in [0.25, 0.3) is 11.3 Å². The summed E-state index contributed by atoms with van der Waals surface area (Å²) < 4.78 is 11.2. The summed E-state index contributed by atoms with van der Waals surface area (Å²) in [4.78, 5) is 17.3. The number of amides is 1. The second kappa shape index (κ2) is 11.0. The number of hydrogen-bond acceptors (Lipinski definition) is 7. The van der Waals surface area contributed by atoms with Gasteiger partial charge in [0.25, 0.3) is 5.91 Å². The molecule has 1 saturated heterocycles. The van der Waals surface area contributed by atoms with Crippen LogP contribution in [-0.4, -0.2) is 67.4 Å². The van der Waals surface area contributed by atoms with Crippen LogP contribution in [0.3, 0.4) is 0 Å². The van der Waals surface area contributed by atoms with Crippen molar-refractivity contribution in [1.82, 2.24) is 15.1 Å². The molecule has 0 atom stereocenters. The number of rotatable bonds is 8. The maximum Gasteiger partial charge on any atom is 0.255 e. The van der Waals surface area contributed by atoms with Gasteiger partial charge in [-0.25, -0.2) is 0 Å². The van der Waals surface area contributed by atoms with Crippen LogP contribution in [0.5, 0.6) is 11.5 Å². The molecule has 1 N–H and O–H groups in total. The van der Waals surface area contributed by atoms with E-state index in [-0.39, 0.29) is 5.91 Å². The molecule has 0 saturated carbocycles. The maximum atomic E-state index is 12.8. The van der Waals surface area contributed by atoms with Crippen LogP contribution < -0.4 is 19.7 Å². The Kier molecular flexibility index (Phi) is 7.59. The minimum Gasteiger partial charge on any atom is -0.490 e. The lowest BCUT2D eigenvalue weighted by Crippen LogP contribution is -2.44. The highest BCUT2D eigenvalue weighted by molar-refractivity contribution is 6.04. The van der Waals surface area contributed by atoms with E-state index in [4.69, 9.17) is 9.47 Å². The molecule has 3 aromatic rings. The van der Waals surface area contributed by atoms with Crippen LogP contribution in [0.1, 0.15) is 24.2 Å². The molecule has 1 aliphatic rings. The van der Waals surface area contributed by atoms with Crippen molar-refractivity contribution in [2.45, 2.75) is 13.8 Å². The highest BCUT2D eigenvalue weighted by Gasteiger charge is 2.16. The fraction of sp³-hybridized carbons (Fsp3) is 0.346. The summed E-state index contributed by atoms with van der Waals surface area (Å²) in [5.74, 6) is 1.88. The van der Waals surface area contributed by atoms with Crippen LogP contribution in [0.15, 0.2) is 54.6 Å². The summed E-state index contributed by atoms with van der Waals surface area (Å²) in [6.45, 7) is 8.80. The molecule has 0 bridgehead atoms. The molecule has 2 heterocycles. The van der Waals surface area contributed by atoms with Gasteiger partial charge in [0.15, 0.2) is 17.3 Å². The number of carbonyl (C=O) groups excluding carboxylic acids is 1. The predicted octanol–water partition coefficient (Wildman–Crippen LogP) is 3.95. The van der Waals surface area contributed by atoms with E-state index in [0.29, 0.717) is 36.0 Å². The number of hydrogen-bond donors (Lipinski definition) is 1. The lowest BCUT2D eigenvalue weighted by molar-refractivity contribution is 0.102. The molecule has 1 aliphatic heterocycles. The van der Waals surface area contributed by atoms with Crippen LogP contribution >= 0.6 is 0 Å². The Morgan fingerprint density at radius 2 is 1.59 bits per heavy atom. The fourth-order valence-electron chi connectivity index (χ4n) is 3.80. The summed E-state index contributed by atoms with van der Waals surface area (Å²) in [5, 5.41) is 11.8. The van der Waals surface area contributed by atoms with Gasteiger partial charge in [-0.2, -0.15) is 0 Å². The van der Waals surface area contributed by atoms with Crippen molar-refractivity contribution < 1.29 is 14.3 Å².